The Labute approximate surface area is 117 Å². The molecule has 0 unspecified atom stereocenters. The zero-order valence-corrected chi connectivity index (χ0v) is 11.7. The van der Waals surface area contributed by atoms with E-state index in [1.54, 1.807) is 11.3 Å². The number of pyridine rings is 1. The van der Waals surface area contributed by atoms with Crippen LogP contribution in [-0.2, 0) is 6.54 Å². The maximum Gasteiger partial charge on any atom is 0.0388 e. The summed E-state index contributed by atoms with van der Waals surface area (Å²) in [6, 6.07) is 13.1. The van der Waals surface area contributed by atoms with Gasteiger partial charge in [0.2, 0.25) is 0 Å². The molecule has 3 aromatic rings. The van der Waals surface area contributed by atoms with E-state index < -0.39 is 0 Å². The number of nitrogens with one attached hydrogen (secondary N) is 1. The van der Waals surface area contributed by atoms with Crippen LogP contribution in [0.25, 0.3) is 10.8 Å². The van der Waals surface area contributed by atoms with E-state index in [1.807, 2.05) is 12.4 Å². The average molecular weight is 268 g/mol. The molecule has 3 rings (SSSR count). The minimum absolute atomic E-state index is 0.386. The lowest BCUT2D eigenvalue weighted by Gasteiger charge is -2.13. The van der Waals surface area contributed by atoms with Crippen molar-refractivity contribution in [3.05, 3.63) is 64.6 Å². The van der Waals surface area contributed by atoms with Crippen molar-refractivity contribution in [2.24, 2.45) is 0 Å². The van der Waals surface area contributed by atoms with E-state index in [2.05, 4.69) is 59.0 Å². The third-order valence-electron chi connectivity index (χ3n) is 3.34. The van der Waals surface area contributed by atoms with Crippen LogP contribution in [0.4, 0.5) is 0 Å². The first-order chi connectivity index (χ1) is 9.34. The second-order valence-corrected chi connectivity index (χ2v) is 5.61. The maximum atomic E-state index is 4.17. The van der Waals surface area contributed by atoms with E-state index in [1.165, 1.54) is 21.2 Å². The summed E-state index contributed by atoms with van der Waals surface area (Å²) in [6.45, 7) is 3.08. The SMILES string of the molecule is C[C@H](NCc1cccc2cnccc12)c1cccs1. The first-order valence-corrected chi connectivity index (χ1v) is 7.31. The molecule has 0 saturated heterocycles. The molecule has 0 amide bonds. The molecule has 2 nitrogen and oxygen atoms in total. The lowest BCUT2D eigenvalue weighted by Crippen LogP contribution is -2.17. The van der Waals surface area contributed by atoms with Gasteiger partial charge in [-0.05, 0) is 35.4 Å². The van der Waals surface area contributed by atoms with Gasteiger partial charge in [0.05, 0.1) is 0 Å². The number of thiophene rings is 1. The zero-order valence-electron chi connectivity index (χ0n) is 10.8. The monoisotopic (exact) mass is 268 g/mol. The van der Waals surface area contributed by atoms with Crippen LogP contribution in [0.2, 0.25) is 0 Å². The van der Waals surface area contributed by atoms with Crippen molar-refractivity contribution in [2.75, 3.05) is 0 Å². The second kappa shape index (κ2) is 5.51. The molecule has 96 valence electrons. The van der Waals surface area contributed by atoms with Gasteiger partial charge in [-0.1, -0.05) is 24.3 Å². The summed E-state index contributed by atoms with van der Waals surface area (Å²) in [5.41, 5.74) is 1.32. The molecule has 0 fully saturated rings. The fraction of sp³-hybridized carbons (Fsp3) is 0.188. The summed E-state index contributed by atoms with van der Waals surface area (Å²) in [6.07, 6.45) is 3.77. The van der Waals surface area contributed by atoms with Crippen molar-refractivity contribution >= 4 is 22.1 Å². The molecule has 0 saturated carbocycles. The van der Waals surface area contributed by atoms with E-state index in [0.717, 1.165) is 6.54 Å². The second-order valence-electron chi connectivity index (χ2n) is 4.63. The molecule has 0 radical (unpaired) electrons. The molecule has 0 aliphatic carbocycles. The summed E-state index contributed by atoms with van der Waals surface area (Å²) < 4.78 is 0. The van der Waals surface area contributed by atoms with Crippen LogP contribution in [0.3, 0.4) is 0 Å². The predicted molar refractivity (Wildman–Crippen MR) is 81.3 cm³/mol. The Bertz CT molecular complexity index is 656. The highest BCUT2D eigenvalue weighted by atomic mass is 32.1. The number of fused-ring (bicyclic) bond motifs is 1. The van der Waals surface area contributed by atoms with Crippen LogP contribution in [0.15, 0.2) is 54.2 Å². The summed E-state index contributed by atoms with van der Waals surface area (Å²) in [5.74, 6) is 0. The zero-order chi connectivity index (χ0) is 13.1. The molecule has 2 heterocycles. The number of aromatic nitrogens is 1. The molecule has 0 aliphatic rings. The molecule has 1 atom stereocenters. The Morgan fingerprint density at radius 1 is 1.21 bits per heavy atom. The van der Waals surface area contributed by atoms with E-state index in [4.69, 9.17) is 0 Å². The molecule has 2 aromatic heterocycles. The van der Waals surface area contributed by atoms with Crippen molar-refractivity contribution in [3.63, 3.8) is 0 Å². The molecule has 0 aliphatic heterocycles. The van der Waals surface area contributed by atoms with E-state index in [9.17, 15) is 0 Å². The van der Waals surface area contributed by atoms with Crippen molar-refractivity contribution in [1.82, 2.24) is 10.3 Å². The smallest absolute Gasteiger partial charge is 0.0388 e. The van der Waals surface area contributed by atoms with E-state index in [-0.39, 0.29) is 0 Å². The van der Waals surface area contributed by atoms with E-state index in [0.29, 0.717) is 6.04 Å². The van der Waals surface area contributed by atoms with Crippen LogP contribution >= 0.6 is 11.3 Å². The molecular formula is C16H16N2S. The fourth-order valence-electron chi connectivity index (χ4n) is 2.25. The van der Waals surface area contributed by atoms with Gasteiger partial charge < -0.3 is 5.32 Å². The predicted octanol–water partition coefficient (Wildman–Crippen LogP) is 4.15. The van der Waals surface area contributed by atoms with E-state index >= 15 is 0 Å². The maximum absolute atomic E-state index is 4.17. The normalized spacial score (nSPS) is 12.7. The molecule has 1 aromatic carbocycles. The molecule has 19 heavy (non-hydrogen) atoms. The van der Waals surface area contributed by atoms with Crippen molar-refractivity contribution in [2.45, 2.75) is 19.5 Å². The summed E-state index contributed by atoms with van der Waals surface area (Å²) in [4.78, 5) is 5.55. The minimum Gasteiger partial charge on any atom is -0.305 e. The number of hydrogen-bond acceptors (Lipinski definition) is 3. The van der Waals surface area contributed by atoms with Crippen molar-refractivity contribution < 1.29 is 0 Å². The lowest BCUT2D eigenvalue weighted by molar-refractivity contribution is 0.585. The summed E-state index contributed by atoms with van der Waals surface area (Å²) in [7, 11) is 0. The highest BCUT2D eigenvalue weighted by Gasteiger charge is 2.06. The van der Waals surface area contributed by atoms with Gasteiger partial charge in [-0.15, -0.1) is 11.3 Å². The van der Waals surface area contributed by atoms with Crippen LogP contribution in [0.5, 0.6) is 0 Å². The first-order valence-electron chi connectivity index (χ1n) is 6.43. The molecule has 0 spiro atoms. The van der Waals surface area contributed by atoms with Crippen molar-refractivity contribution in [3.8, 4) is 0 Å². The quantitative estimate of drug-likeness (QED) is 0.769. The Morgan fingerprint density at radius 3 is 3.00 bits per heavy atom. The first kappa shape index (κ1) is 12.3. The van der Waals surface area contributed by atoms with Crippen LogP contribution in [-0.4, -0.2) is 4.98 Å². The minimum atomic E-state index is 0.386. The third kappa shape index (κ3) is 2.67. The lowest BCUT2D eigenvalue weighted by atomic mass is 10.1. The van der Waals surface area contributed by atoms with Gasteiger partial charge in [0, 0.05) is 35.2 Å². The van der Waals surface area contributed by atoms with Crippen LogP contribution in [0.1, 0.15) is 23.4 Å². The van der Waals surface area contributed by atoms with Gasteiger partial charge in [0.25, 0.3) is 0 Å². The molecule has 0 bridgehead atoms. The summed E-state index contributed by atoms with van der Waals surface area (Å²) in [5, 5.41) is 8.19. The Balaban J connectivity index is 1.79. The van der Waals surface area contributed by atoms with Gasteiger partial charge in [-0.3, -0.25) is 4.98 Å². The van der Waals surface area contributed by atoms with Gasteiger partial charge in [0.1, 0.15) is 0 Å². The summed E-state index contributed by atoms with van der Waals surface area (Å²) >= 11 is 1.80. The largest absolute Gasteiger partial charge is 0.305 e. The van der Waals surface area contributed by atoms with Gasteiger partial charge in [-0.2, -0.15) is 0 Å². The van der Waals surface area contributed by atoms with Gasteiger partial charge in [0.15, 0.2) is 0 Å². The number of hydrogen-bond donors (Lipinski definition) is 1. The van der Waals surface area contributed by atoms with Crippen molar-refractivity contribution in [1.29, 1.82) is 0 Å². The molecular weight excluding hydrogens is 252 g/mol. The number of nitrogens with zero attached hydrogens (tertiary/aromatic N) is 1. The standard InChI is InChI=1S/C16H16N2S/c1-12(16-6-3-9-19-16)18-11-14-5-2-4-13-10-17-8-7-15(13)14/h2-10,12,18H,11H2,1H3/t12-/m0/s1. The number of benzene rings is 1. The highest BCUT2D eigenvalue weighted by molar-refractivity contribution is 7.10. The van der Waals surface area contributed by atoms with Crippen LogP contribution < -0.4 is 5.32 Å². The van der Waals surface area contributed by atoms with Crippen LogP contribution in [0, 0.1) is 0 Å². The molecule has 3 heteroatoms. The Hall–Kier alpha value is -1.71. The van der Waals surface area contributed by atoms with Gasteiger partial charge in [-0.25, -0.2) is 0 Å². The van der Waals surface area contributed by atoms with Gasteiger partial charge >= 0.3 is 0 Å². The topological polar surface area (TPSA) is 24.9 Å². The Kier molecular flexibility index (Phi) is 3.58. The fourth-order valence-corrected chi connectivity index (χ4v) is 3.00. The Morgan fingerprint density at radius 2 is 2.16 bits per heavy atom. The average Bonchev–Trinajstić information content (AvgIpc) is 2.99. The molecule has 1 N–H and O–H groups in total. The third-order valence-corrected chi connectivity index (χ3v) is 4.39. The highest BCUT2D eigenvalue weighted by Crippen LogP contribution is 2.21. The number of rotatable bonds is 4.